The number of anilines is 2. The molecule has 2 heterocycles. The van der Waals surface area contributed by atoms with Crippen LogP contribution in [0.25, 0.3) is 0 Å². The second-order valence-corrected chi connectivity index (χ2v) is 4.99. The van der Waals surface area contributed by atoms with E-state index < -0.39 is 0 Å². The molecular formula is C11H18N4. The van der Waals surface area contributed by atoms with Crippen LogP contribution < -0.4 is 11.1 Å². The maximum atomic E-state index is 5.81. The van der Waals surface area contributed by atoms with Crippen LogP contribution in [0.5, 0.6) is 0 Å². The lowest BCUT2D eigenvalue weighted by atomic mass is 9.80. The fourth-order valence-electron chi connectivity index (χ4n) is 2.47. The van der Waals surface area contributed by atoms with Crippen molar-refractivity contribution in [2.45, 2.75) is 32.6 Å². The number of nitrogens with zero attached hydrogens (tertiary/aromatic N) is 2. The van der Waals surface area contributed by atoms with Gasteiger partial charge in [-0.1, -0.05) is 20.8 Å². The minimum atomic E-state index is 0.0978. The zero-order chi connectivity index (χ0) is 11.1. The highest BCUT2D eigenvalue weighted by atomic mass is 15.1. The van der Waals surface area contributed by atoms with E-state index >= 15 is 0 Å². The molecule has 1 aromatic heterocycles. The van der Waals surface area contributed by atoms with E-state index in [4.69, 9.17) is 5.73 Å². The third-order valence-electron chi connectivity index (χ3n) is 2.96. The zero-order valence-electron chi connectivity index (χ0n) is 9.54. The maximum absolute atomic E-state index is 5.81. The molecule has 0 radical (unpaired) electrons. The first-order valence-electron chi connectivity index (χ1n) is 5.38. The molecule has 0 amide bonds. The molecule has 3 N–H and O–H groups in total. The highest BCUT2D eigenvalue weighted by Gasteiger charge is 2.37. The van der Waals surface area contributed by atoms with E-state index in [1.807, 2.05) is 0 Å². The van der Waals surface area contributed by atoms with Gasteiger partial charge in [-0.2, -0.15) is 0 Å². The van der Waals surface area contributed by atoms with E-state index in [-0.39, 0.29) is 5.41 Å². The first-order valence-corrected chi connectivity index (χ1v) is 5.38. The molecule has 0 bridgehead atoms. The Morgan fingerprint density at radius 3 is 2.93 bits per heavy atom. The number of hydrogen-bond acceptors (Lipinski definition) is 4. The summed E-state index contributed by atoms with van der Waals surface area (Å²) in [5, 5.41) is 3.31. The third kappa shape index (κ3) is 1.64. The molecule has 1 unspecified atom stereocenters. The van der Waals surface area contributed by atoms with E-state index in [9.17, 15) is 0 Å². The van der Waals surface area contributed by atoms with E-state index in [1.165, 1.54) is 0 Å². The van der Waals surface area contributed by atoms with Crippen molar-refractivity contribution in [3.05, 3.63) is 12.0 Å². The predicted molar refractivity (Wildman–Crippen MR) is 61.7 cm³/mol. The summed E-state index contributed by atoms with van der Waals surface area (Å²) in [5.41, 5.74) is 7.91. The monoisotopic (exact) mass is 206 g/mol. The van der Waals surface area contributed by atoms with Crippen molar-refractivity contribution in [3.8, 4) is 0 Å². The molecule has 0 aromatic carbocycles. The standard InChI is InChI=1S/C11H18N4/c1-7(2)4-11(3)5-13-8-9(11)14-6-15-10(8)12/h6-7,13H,4-5H2,1-3H3,(H2,12,14,15). The topological polar surface area (TPSA) is 63.8 Å². The Hall–Kier alpha value is -1.32. The summed E-state index contributed by atoms with van der Waals surface area (Å²) in [7, 11) is 0. The Labute approximate surface area is 90.3 Å². The molecule has 0 fully saturated rings. The van der Waals surface area contributed by atoms with Gasteiger partial charge in [0.15, 0.2) is 5.82 Å². The average Bonchev–Trinajstić information content (AvgIpc) is 2.44. The average molecular weight is 206 g/mol. The SMILES string of the molecule is CC(C)CC1(C)CNc2c(N)ncnc21. The molecule has 0 saturated heterocycles. The third-order valence-corrected chi connectivity index (χ3v) is 2.96. The van der Waals surface area contributed by atoms with Crippen molar-refractivity contribution < 1.29 is 0 Å². The molecule has 1 aromatic rings. The fourth-order valence-corrected chi connectivity index (χ4v) is 2.47. The molecule has 15 heavy (non-hydrogen) atoms. The maximum Gasteiger partial charge on any atom is 0.150 e. The molecule has 0 aliphatic carbocycles. The molecule has 1 aliphatic heterocycles. The minimum Gasteiger partial charge on any atom is -0.382 e. The normalized spacial score (nSPS) is 24.0. The Morgan fingerprint density at radius 1 is 1.53 bits per heavy atom. The molecule has 1 atom stereocenters. The zero-order valence-corrected chi connectivity index (χ0v) is 9.54. The highest BCUT2D eigenvalue weighted by molar-refractivity contribution is 5.69. The molecule has 2 rings (SSSR count). The van der Waals surface area contributed by atoms with Gasteiger partial charge in [0.05, 0.1) is 11.4 Å². The van der Waals surface area contributed by atoms with Crippen molar-refractivity contribution in [3.63, 3.8) is 0 Å². The van der Waals surface area contributed by atoms with Gasteiger partial charge in [-0.3, -0.25) is 0 Å². The Bertz CT molecular complexity index is 375. The highest BCUT2D eigenvalue weighted by Crippen LogP contribution is 2.40. The van der Waals surface area contributed by atoms with E-state index in [1.54, 1.807) is 6.33 Å². The summed E-state index contributed by atoms with van der Waals surface area (Å²) >= 11 is 0. The number of fused-ring (bicyclic) bond motifs is 1. The van der Waals surface area contributed by atoms with Crippen LogP contribution in [-0.4, -0.2) is 16.5 Å². The minimum absolute atomic E-state index is 0.0978. The van der Waals surface area contributed by atoms with Gasteiger partial charge in [-0.15, -0.1) is 0 Å². The van der Waals surface area contributed by atoms with Gasteiger partial charge in [0.25, 0.3) is 0 Å². The van der Waals surface area contributed by atoms with Gasteiger partial charge in [-0.05, 0) is 12.3 Å². The molecule has 1 aliphatic rings. The van der Waals surface area contributed by atoms with E-state index in [2.05, 4.69) is 36.1 Å². The quantitative estimate of drug-likeness (QED) is 0.774. The molecule has 0 saturated carbocycles. The number of nitrogen functional groups attached to an aromatic ring is 1. The summed E-state index contributed by atoms with van der Waals surface area (Å²) in [4.78, 5) is 8.37. The van der Waals surface area contributed by atoms with Gasteiger partial charge in [-0.25, -0.2) is 9.97 Å². The molecule has 82 valence electrons. The van der Waals surface area contributed by atoms with Crippen molar-refractivity contribution in [2.24, 2.45) is 5.92 Å². The molecule has 0 spiro atoms. The van der Waals surface area contributed by atoms with Gasteiger partial charge in [0, 0.05) is 12.0 Å². The Kier molecular flexibility index (Phi) is 2.29. The van der Waals surface area contributed by atoms with E-state index in [0.29, 0.717) is 11.7 Å². The van der Waals surface area contributed by atoms with Crippen molar-refractivity contribution in [1.29, 1.82) is 0 Å². The second kappa shape index (κ2) is 3.36. The van der Waals surface area contributed by atoms with Crippen LogP contribution in [-0.2, 0) is 5.41 Å². The summed E-state index contributed by atoms with van der Waals surface area (Å²) in [6, 6.07) is 0. The lowest BCUT2D eigenvalue weighted by Crippen LogP contribution is -2.27. The van der Waals surface area contributed by atoms with E-state index in [0.717, 1.165) is 24.3 Å². The number of rotatable bonds is 2. The van der Waals surface area contributed by atoms with Crippen molar-refractivity contribution in [2.75, 3.05) is 17.6 Å². The van der Waals surface area contributed by atoms with Crippen molar-refractivity contribution in [1.82, 2.24) is 9.97 Å². The Morgan fingerprint density at radius 2 is 2.27 bits per heavy atom. The number of nitrogens with one attached hydrogen (secondary N) is 1. The second-order valence-electron chi connectivity index (χ2n) is 4.99. The Balaban J connectivity index is 2.39. The first-order chi connectivity index (χ1) is 7.03. The lowest BCUT2D eigenvalue weighted by molar-refractivity contribution is 0.391. The number of hydrogen-bond donors (Lipinski definition) is 2. The van der Waals surface area contributed by atoms with Gasteiger partial charge < -0.3 is 11.1 Å². The van der Waals surface area contributed by atoms with Crippen LogP contribution in [0.4, 0.5) is 11.5 Å². The van der Waals surface area contributed by atoms with Gasteiger partial charge in [0.2, 0.25) is 0 Å². The fraction of sp³-hybridized carbons (Fsp3) is 0.636. The number of nitrogens with two attached hydrogens (primary N) is 1. The summed E-state index contributed by atoms with van der Waals surface area (Å²) < 4.78 is 0. The molecular weight excluding hydrogens is 188 g/mol. The van der Waals surface area contributed by atoms with Crippen LogP contribution in [0.2, 0.25) is 0 Å². The number of aromatic nitrogens is 2. The molecule has 4 heteroatoms. The van der Waals surface area contributed by atoms with Crippen LogP contribution in [0.1, 0.15) is 32.9 Å². The van der Waals surface area contributed by atoms with Crippen LogP contribution >= 0.6 is 0 Å². The summed E-state index contributed by atoms with van der Waals surface area (Å²) in [5.74, 6) is 1.21. The van der Waals surface area contributed by atoms with Gasteiger partial charge >= 0.3 is 0 Å². The summed E-state index contributed by atoms with van der Waals surface area (Å²) in [6.07, 6.45) is 2.67. The van der Waals surface area contributed by atoms with Crippen LogP contribution in [0, 0.1) is 5.92 Å². The molecule has 4 nitrogen and oxygen atoms in total. The van der Waals surface area contributed by atoms with Crippen molar-refractivity contribution >= 4 is 11.5 Å². The van der Waals surface area contributed by atoms with Crippen LogP contribution in [0.3, 0.4) is 0 Å². The largest absolute Gasteiger partial charge is 0.382 e. The smallest absolute Gasteiger partial charge is 0.150 e. The summed E-state index contributed by atoms with van der Waals surface area (Å²) in [6.45, 7) is 7.60. The lowest BCUT2D eigenvalue weighted by Gasteiger charge is -2.24. The predicted octanol–water partition coefficient (Wildman–Crippen LogP) is 1.79. The first kappa shape index (κ1) is 10.2. The van der Waals surface area contributed by atoms with Gasteiger partial charge in [0.1, 0.15) is 6.33 Å². The van der Waals surface area contributed by atoms with Crippen LogP contribution in [0.15, 0.2) is 6.33 Å².